The van der Waals surface area contributed by atoms with Crippen LogP contribution in [0.1, 0.15) is 17.4 Å². The maximum atomic E-state index is 10.2. The van der Waals surface area contributed by atoms with Crippen molar-refractivity contribution < 1.29 is 15.0 Å². The molecule has 0 spiro atoms. The number of rotatable bonds is 4. The van der Waals surface area contributed by atoms with E-state index in [4.69, 9.17) is 5.11 Å². The lowest BCUT2D eigenvalue weighted by Gasteiger charge is -2.11. The molecule has 3 N–H and O–H groups in total. The molecule has 0 saturated carbocycles. The molecule has 1 atom stereocenters. The standard InChI is InChI=1S/C10H13NO3/c1-7-2-4-8(5-3-7)10(14)11-6-9(12)13/h2-5,10-11,14H,6H2,1H3,(H,12,13)/t10-/m1/s1. The predicted molar refractivity (Wildman–Crippen MR) is 51.8 cm³/mol. The Morgan fingerprint density at radius 1 is 1.43 bits per heavy atom. The van der Waals surface area contributed by atoms with Crippen molar-refractivity contribution in [2.45, 2.75) is 13.2 Å². The number of benzene rings is 1. The summed E-state index contributed by atoms with van der Waals surface area (Å²) in [6, 6.07) is 7.24. The van der Waals surface area contributed by atoms with Gasteiger partial charge in [0, 0.05) is 0 Å². The number of hydrogen-bond donors (Lipinski definition) is 3. The first-order chi connectivity index (χ1) is 6.59. The van der Waals surface area contributed by atoms with Crippen LogP contribution in [-0.2, 0) is 4.79 Å². The van der Waals surface area contributed by atoms with Gasteiger partial charge >= 0.3 is 5.97 Å². The lowest BCUT2D eigenvalue weighted by Crippen LogP contribution is -2.27. The summed E-state index contributed by atoms with van der Waals surface area (Å²) in [5.41, 5.74) is 1.76. The van der Waals surface area contributed by atoms with Gasteiger partial charge in [-0.3, -0.25) is 10.1 Å². The van der Waals surface area contributed by atoms with Crippen LogP contribution in [0.3, 0.4) is 0 Å². The molecule has 14 heavy (non-hydrogen) atoms. The Labute approximate surface area is 82.2 Å². The third-order valence-electron chi connectivity index (χ3n) is 1.84. The highest BCUT2D eigenvalue weighted by atomic mass is 16.4. The maximum absolute atomic E-state index is 10.2. The summed E-state index contributed by atoms with van der Waals surface area (Å²) in [6.45, 7) is 1.69. The van der Waals surface area contributed by atoms with Gasteiger partial charge in [0.15, 0.2) is 0 Å². The van der Waals surface area contributed by atoms with E-state index in [1.54, 1.807) is 12.1 Å². The van der Waals surface area contributed by atoms with Crippen molar-refractivity contribution in [2.24, 2.45) is 0 Å². The quantitative estimate of drug-likeness (QED) is 0.617. The van der Waals surface area contributed by atoms with Crippen LogP contribution in [-0.4, -0.2) is 22.7 Å². The smallest absolute Gasteiger partial charge is 0.317 e. The zero-order valence-electron chi connectivity index (χ0n) is 7.90. The van der Waals surface area contributed by atoms with E-state index in [2.05, 4.69) is 5.32 Å². The summed E-state index contributed by atoms with van der Waals surface area (Å²) in [4.78, 5) is 10.2. The van der Waals surface area contributed by atoms with Gasteiger partial charge in [0.2, 0.25) is 0 Å². The van der Waals surface area contributed by atoms with Crippen molar-refractivity contribution >= 4 is 5.97 Å². The molecule has 0 heterocycles. The molecule has 0 bridgehead atoms. The summed E-state index contributed by atoms with van der Waals surface area (Å²) in [5.74, 6) is -0.990. The first-order valence-corrected chi connectivity index (χ1v) is 4.29. The highest BCUT2D eigenvalue weighted by molar-refractivity contribution is 5.69. The molecule has 0 fully saturated rings. The molecule has 1 aromatic rings. The highest BCUT2D eigenvalue weighted by Gasteiger charge is 2.07. The number of carbonyl (C=O) groups is 1. The minimum absolute atomic E-state index is 0.255. The SMILES string of the molecule is Cc1ccc([C@@H](O)NCC(=O)O)cc1. The molecule has 76 valence electrons. The molecule has 1 aromatic carbocycles. The largest absolute Gasteiger partial charge is 0.480 e. The second kappa shape index (κ2) is 4.74. The minimum Gasteiger partial charge on any atom is -0.480 e. The minimum atomic E-state index is -0.990. The molecular formula is C10H13NO3. The first kappa shape index (κ1) is 10.7. The number of hydrogen-bond acceptors (Lipinski definition) is 3. The maximum Gasteiger partial charge on any atom is 0.317 e. The Hall–Kier alpha value is -1.39. The molecule has 0 unspecified atom stereocenters. The van der Waals surface area contributed by atoms with E-state index in [0.29, 0.717) is 5.56 Å². The van der Waals surface area contributed by atoms with E-state index in [-0.39, 0.29) is 6.54 Å². The van der Waals surface area contributed by atoms with Crippen LogP contribution >= 0.6 is 0 Å². The fraction of sp³-hybridized carbons (Fsp3) is 0.300. The van der Waals surface area contributed by atoms with Crippen molar-refractivity contribution in [2.75, 3.05) is 6.54 Å². The van der Waals surface area contributed by atoms with Gasteiger partial charge in [0.25, 0.3) is 0 Å². The normalized spacial score (nSPS) is 12.4. The topological polar surface area (TPSA) is 69.6 Å². The van der Waals surface area contributed by atoms with Gasteiger partial charge in [-0.1, -0.05) is 29.8 Å². The van der Waals surface area contributed by atoms with Crippen LogP contribution < -0.4 is 5.32 Å². The van der Waals surface area contributed by atoms with Gasteiger partial charge in [-0.15, -0.1) is 0 Å². The van der Waals surface area contributed by atoms with Gasteiger partial charge in [0.1, 0.15) is 6.23 Å². The fourth-order valence-electron chi connectivity index (χ4n) is 1.05. The summed E-state index contributed by atoms with van der Waals surface area (Å²) in [6.07, 6.45) is -0.924. The number of carboxylic acid groups (broad SMARTS) is 1. The van der Waals surface area contributed by atoms with Crippen LogP contribution in [0, 0.1) is 6.92 Å². The van der Waals surface area contributed by atoms with Gasteiger partial charge in [-0.2, -0.15) is 0 Å². The van der Waals surface area contributed by atoms with E-state index in [1.807, 2.05) is 19.1 Å². The van der Waals surface area contributed by atoms with Crippen LogP contribution in [0.15, 0.2) is 24.3 Å². The molecule has 0 aliphatic heterocycles. The van der Waals surface area contributed by atoms with Crippen molar-refractivity contribution in [1.29, 1.82) is 0 Å². The van der Waals surface area contributed by atoms with E-state index >= 15 is 0 Å². The summed E-state index contributed by atoms with van der Waals surface area (Å²) < 4.78 is 0. The molecule has 0 saturated heterocycles. The molecule has 0 aliphatic rings. The average Bonchev–Trinajstić information content (AvgIpc) is 2.15. The lowest BCUT2D eigenvalue weighted by molar-refractivity contribution is -0.136. The summed E-state index contributed by atoms with van der Waals surface area (Å²) in [5, 5.41) is 20.3. The molecule has 0 aliphatic carbocycles. The van der Waals surface area contributed by atoms with Crippen molar-refractivity contribution in [1.82, 2.24) is 5.32 Å². The molecule has 4 heteroatoms. The highest BCUT2D eigenvalue weighted by Crippen LogP contribution is 2.10. The van der Waals surface area contributed by atoms with Crippen molar-refractivity contribution in [3.05, 3.63) is 35.4 Å². The van der Waals surface area contributed by atoms with E-state index in [9.17, 15) is 9.90 Å². The Morgan fingerprint density at radius 2 is 2.00 bits per heavy atom. The number of aliphatic hydroxyl groups is 1. The van der Waals surface area contributed by atoms with Crippen molar-refractivity contribution in [3.63, 3.8) is 0 Å². The fourth-order valence-corrected chi connectivity index (χ4v) is 1.05. The zero-order valence-corrected chi connectivity index (χ0v) is 7.90. The second-order valence-corrected chi connectivity index (χ2v) is 3.09. The predicted octanol–water partition coefficient (Wildman–Crippen LogP) is 0.660. The Morgan fingerprint density at radius 3 is 2.50 bits per heavy atom. The molecule has 1 rings (SSSR count). The Kier molecular flexibility index (Phi) is 3.62. The average molecular weight is 195 g/mol. The van der Waals surface area contributed by atoms with Crippen LogP contribution in [0.4, 0.5) is 0 Å². The molecule has 0 aromatic heterocycles. The molecule has 0 radical (unpaired) electrons. The number of aliphatic carboxylic acids is 1. The molecular weight excluding hydrogens is 182 g/mol. The monoisotopic (exact) mass is 195 g/mol. The van der Waals surface area contributed by atoms with Gasteiger partial charge in [-0.25, -0.2) is 0 Å². The van der Waals surface area contributed by atoms with Crippen molar-refractivity contribution in [3.8, 4) is 0 Å². The number of aliphatic hydroxyl groups excluding tert-OH is 1. The number of nitrogens with one attached hydrogen (secondary N) is 1. The third kappa shape index (κ3) is 3.16. The summed E-state index contributed by atoms with van der Waals surface area (Å²) in [7, 11) is 0. The zero-order chi connectivity index (χ0) is 10.6. The molecule has 0 amide bonds. The van der Waals surface area contributed by atoms with Crippen LogP contribution in [0.5, 0.6) is 0 Å². The van der Waals surface area contributed by atoms with E-state index < -0.39 is 12.2 Å². The Balaban J connectivity index is 2.56. The second-order valence-electron chi connectivity index (χ2n) is 3.09. The van der Waals surface area contributed by atoms with Gasteiger partial charge in [-0.05, 0) is 12.5 Å². The third-order valence-corrected chi connectivity index (χ3v) is 1.84. The number of carboxylic acids is 1. The Bertz CT molecular complexity index is 308. The number of aryl methyl sites for hydroxylation is 1. The van der Waals surface area contributed by atoms with Gasteiger partial charge < -0.3 is 10.2 Å². The van der Waals surface area contributed by atoms with E-state index in [0.717, 1.165) is 5.56 Å². The van der Waals surface area contributed by atoms with E-state index in [1.165, 1.54) is 0 Å². The van der Waals surface area contributed by atoms with Crippen LogP contribution in [0.2, 0.25) is 0 Å². The van der Waals surface area contributed by atoms with Crippen LogP contribution in [0.25, 0.3) is 0 Å². The first-order valence-electron chi connectivity index (χ1n) is 4.29. The lowest BCUT2D eigenvalue weighted by atomic mass is 10.1. The summed E-state index contributed by atoms with van der Waals surface area (Å²) >= 11 is 0. The molecule has 4 nitrogen and oxygen atoms in total. The van der Waals surface area contributed by atoms with Gasteiger partial charge in [0.05, 0.1) is 6.54 Å².